The van der Waals surface area contributed by atoms with Crippen LogP contribution < -0.4 is 10.2 Å². The van der Waals surface area contributed by atoms with Crippen LogP contribution in [0.15, 0.2) is 15.2 Å². The van der Waals surface area contributed by atoms with Crippen LogP contribution in [0.1, 0.15) is 12.8 Å². The summed E-state index contributed by atoms with van der Waals surface area (Å²) in [4.78, 5) is 6.84. The molecule has 0 amide bonds. The first-order chi connectivity index (χ1) is 9.26. The van der Waals surface area contributed by atoms with E-state index in [2.05, 4.69) is 52.8 Å². The van der Waals surface area contributed by atoms with Crippen molar-refractivity contribution in [2.45, 2.75) is 18.9 Å². The van der Waals surface area contributed by atoms with Crippen LogP contribution >= 0.6 is 27.3 Å². The first-order valence-corrected chi connectivity index (χ1v) is 8.02. The highest BCUT2D eigenvalue weighted by Gasteiger charge is 2.21. The van der Waals surface area contributed by atoms with Crippen molar-refractivity contribution >= 4 is 33.2 Å². The molecule has 2 N–H and O–H groups in total. The zero-order valence-corrected chi connectivity index (χ0v) is 13.1. The number of H-pyrrole nitrogens is 1. The summed E-state index contributed by atoms with van der Waals surface area (Å²) in [6.45, 7) is 2.02. The molecule has 19 heavy (non-hydrogen) atoms. The van der Waals surface area contributed by atoms with Crippen LogP contribution in [-0.2, 0) is 0 Å². The van der Waals surface area contributed by atoms with Gasteiger partial charge in [0.1, 0.15) is 0 Å². The fraction of sp³-hybridized carbons (Fsp3) is 0.500. The van der Waals surface area contributed by atoms with E-state index in [1.165, 1.54) is 0 Å². The van der Waals surface area contributed by atoms with E-state index in [4.69, 9.17) is 0 Å². The van der Waals surface area contributed by atoms with Gasteiger partial charge in [0.2, 0.25) is 5.95 Å². The predicted octanol–water partition coefficient (Wildman–Crippen LogP) is 2.48. The van der Waals surface area contributed by atoms with Crippen LogP contribution in [0.25, 0.3) is 11.4 Å². The van der Waals surface area contributed by atoms with Crippen molar-refractivity contribution in [1.29, 1.82) is 0 Å². The predicted molar refractivity (Wildman–Crippen MR) is 81.7 cm³/mol. The van der Waals surface area contributed by atoms with E-state index in [0.29, 0.717) is 6.04 Å². The van der Waals surface area contributed by atoms with Crippen molar-refractivity contribution in [2.75, 3.05) is 25.0 Å². The fourth-order valence-corrected chi connectivity index (χ4v) is 3.47. The van der Waals surface area contributed by atoms with Gasteiger partial charge in [0.05, 0.1) is 3.79 Å². The van der Waals surface area contributed by atoms with E-state index < -0.39 is 0 Å². The maximum absolute atomic E-state index is 4.59. The van der Waals surface area contributed by atoms with Gasteiger partial charge < -0.3 is 10.2 Å². The molecule has 5 nitrogen and oxygen atoms in total. The third-order valence-electron chi connectivity index (χ3n) is 3.50. The van der Waals surface area contributed by atoms with Gasteiger partial charge in [-0.05, 0) is 41.9 Å². The van der Waals surface area contributed by atoms with Gasteiger partial charge in [-0.15, -0.1) is 16.4 Å². The van der Waals surface area contributed by atoms with Crippen molar-refractivity contribution in [3.63, 3.8) is 0 Å². The minimum atomic E-state index is 0.627. The lowest BCUT2D eigenvalue weighted by atomic mass is 10.1. The summed E-state index contributed by atoms with van der Waals surface area (Å²) in [6.07, 6.45) is 2.29. The summed E-state index contributed by atoms with van der Waals surface area (Å²) in [5.74, 6) is 1.65. The quantitative estimate of drug-likeness (QED) is 0.900. The van der Waals surface area contributed by atoms with Crippen LogP contribution in [0, 0.1) is 0 Å². The Morgan fingerprint density at radius 2 is 2.26 bits per heavy atom. The van der Waals surface area contributed by atoms with Crippen LogP contribution in [0.2, 0.25) is 0 Å². The van der Waals surface area contributed by atoms with Gasteiger partial charge >= 0.3 is 0 Å². The lowest BCUT2D eigenvalue weighted by Gasteiger charge is -2.30. The lowest BCUT2D eigenvalue weighted by Crippen LogP contribution is -2.41. The average molecular weight is 342 g/mol. The monoisotopic (exact) mass is 341 g/mol. The molecule has 3 rings (SSSR count). The van der Waals surface area contributed by atoms with Crippen molar-refractivity contribution in [1.82, 2.24) is 20.5 Å². The number of aromatic amines is 1. The Hall–Kier alpha value is -0.920. The van der Waals surface area contributed by atoms with E-state index in [1.807, 2.05) is 7.05 Å². The topological polar surface area (TPSA) is 56.8 Å². The lowest BCUT2D eigenvalue weighted by molar-refractivity contribution is 0.439. The van der Waals surface area contributed by atoms with Crippen LogP contribution in [0.5, 0.6) is 0 Å². The number of nitrogens with zero attached hydrogens (tertiary/aromatic N) is 3. The Kier molecular flexibility index (Phi) is 3.86. The Morgan fingerprint density at radius 3 is 2.89 bits per heavy atom. The molecule has 0 aliphatic carbocycles. The number of anilines is 1. The molecule has 0 atom stereocenters. The number of aromatic nitrogens is 3. The van der Waals surface area contributed by atoms with Gasteiger partial charge in [0.15, 0.2) is 5.82 Å². The molecule has 3 heterocycles. The number of hydrogen-bond donors (Lipinski definition) is 2. The first kappa shape index (κ1) is 13.1. The highest BCUT2D eigenvalue weighted by atomic mass is 79.9. The van der Waals surface area contributed by atoms with Crippen molar-refractivity contribution in [3.05, 3.63) is 15.2 Å². The normalized spacial score (nSPS) is 17.1. The Bertz CT molecular complexity index is 544. The number of piperidine rings is 1. The molecule has 0 aromatic carbocycles. The van der Waals surface area contributed by atoms with Crippen LogP contribution in [0.4, 0.5) is 5.95 Å². The summed E-state index contributed by atoms with van der Waals surface area (Å²) < 4.78 is 1.11. The second-order valence-corrected chi connectivity index (χ2v) is 6.96. The Balaban J connectivity index is 1.72. The second-order valence-electron chi connectivity index (χ2n) is 4.67. The molecule has 7 heteroatoms. The molecule has 1 saturated heterocycles. The smallest absolute Gasteiger partial charge is 0.245 e. The van der Waals surface area contributed by atoms with Crippen molar-refractivity contribution < 1.29 is 0 Å². The largest absolute Gasteiger partial charge is 0.339 e. The van der Waals surface area contributed by atoms with Gasteiger partial charge in [-0.1, -0.05) is 0 Å². The van der Waals surface area contributed by atoms with Crippen LogP contribution in [0.3, 0.4) is 0 Å². The minimum Gasteiger partial charge on any atom is -0.339 e. The maximum atomic E-state index is 4.59. The second kappa shape index (κ2) is 5.60. The summed E-state index contributed by atoms with van der Waals surface area (Å²) in [6, 6.07) is 2.69. The number of rotatable bonds is 3. The molecule has 2 aromatic heterocycles. The molecule has 0 bridgehead atoms. The van der Waals surface area contributed by atoms with E-state index >= 15 is 0 Å². The third kappa shape index (κ3) is 2.82. The van der Waals surface area contributed by atoms with Gasteiger partial charge in [-0.25, -0.2) is 0 Å². The molecule has 0 unspecified atom stereocenters. The molecule has 0 spiro atoms. The average Bonchev–Trinajstić information content (AvgIpc) is 3.07. The summed E-state index contributed by atoms with van der Waals surface area (Å²) in [5, 5.41) is 12.8. The molecule has 0 radical (unpaired) electrons. The summed E-state index contributed by atoms with van der Waals surface area (Å²) in [7, 11) is 2.03. The zero-order valence-electron chi connectivity index (χ0n) is 10.7. The number of halogens is 1. The molecule has 102 valence electrons. The highest BCUT2D eigenvalue weighted by Crippen LogP contribution is 2.28. The van der Waals surface area contributed by atoms with Gasteiger partial charge in [-0.2, -0.15) is 4.98 Å². The Morgan fingerprint density at radius 1 is 1.47 bits per heavy atom. The van der Waals surface area contributed by atoms with Crippen LogP contribution in [-0.4, -0.2) is 41.4 Å². The number of thiophene rings is 1. The molecule has 1 aliphatic heterocycles. The van der Waals surface area contributed by atoms with E-state index in [0.717, 1.165) is 47.1 Å². The third-order valence-corrected chi connectivity index (χ3v) is 5.01. The standard InChI is InChI=1S/C12H16BrN5S/c1-14-9-2-4-18(5-3-9)12-15-11(16-17-12)8-6-10(13)19-7-8/h6-7,9,14H,2-5H2,1H3,(H,15,16,17). The van der Waals surface area contributed by atoms with Crippen molar-refractivity contribution in [2.24, 2.45) is 0 Å². The summed E-state index contributed by atoms with van der Waals surface area (Å²) >= 11 is 5.12. The maximum Gasteiger partial charge on any atom is 0.245 e. The van der Waals surface area contributed by atoms with E-state index in [-0.39, 0.29) is 0 Å². The van der Waals surface area contributed by atoms with Gasteiger partial charge in [-0.3, -0.25) is 5.10 Å². The SMILES string of the molecule is CNC1CCN(c2n[nH]c(-c3csc(Br)c3)n2)CC1. The van der Waals surface area contributed by atoms with Gasteiger partial charge in [0, 0.05) is 30.1 Å². The minimum absolute atomic E-state index is 0.627. The van der Waals surface area contributed by atoms with E-state index in [1.54, 1.807) is 11.3 Å². The fourth-order valence-electron chi connectivity index (χ4n) is 2.33. The highest BCUT2D eigenvalue weighted by molar-refractivity contribution is 9.11. The molecule has 2 aromatic rings. The van der Waals surface area contributed by atoms with Crippen molar-refractivity contribution in [3.8, 4) is 11.4 Å². The van der Waals surface area contributed by atoms with E-state index in [9.17, 15) is 0 Å². The molecular weight excluding hydrogens is 326 g/mol. The van der Waals surface area contributed by atoms with Gasteiger partial charge in [0.25, 0.3) is 0 Å². The first-order valence-electron chi connectivity index (χ1n) is 6.35. The summed E-state index contributed by atoms with van der Waals surface area (Å²) in [5.41, 5.74) is 1.08. The number of hydrogen-bond acceptors (Lipinski definition) is 5. The number of nitrogens with one attached hydrogen (secondary N) is 2. The molecule has 1 fully saturated rings. The molecule has 1 aliphatic rings. The molecule has 0 saturated carbocycles. The Labute approximate surface area is 124 Å². The zero-order chi connectivity index (χ0) is 13.2. The molecular formula is C12H16BrN5S.